The fraction of sp³-hybridized carbons (Fsp3) is 0.370. The van der Waals surface area contributed by atoms with Crippen LogP contribution in [-0.2, 0) is 14.8 Å². The van der Waals surface area contributed by atoms with E-state index in [1.54, 1.807) is 43.0 Å². The molecule has 0 spiro atoms. The van der Waals surface area contributed by atoms with E-state index in [9.17, 15) is 13.5 Å². The lowest BCUT2D eigenvalue weighted by Gasteiger charge is -2.24. The molecule has 13 nitrogen and oxygen atoms in total. The van der Waals surface area contributed by atoms with Crippen molar-refractivity contribution in [3.8, 4) is 28.6 Å². The van der Waals surface area contributed by atoms with E-state index in [1.807, 2.05) is 19.9 Å². The number of nitrogens with zero attached hydrogens (tertiary/aromatic N) is 6. The van der Waals surface area contributed by atoms with E-state index in [2.05, 4.69) is 29.9 Å². The summed E-state index contributed by atoms with van der Waals surface area (Å²) in [5, 5.41) is 17.1. The number of nitrogens with one attached hydrogen (secondary N) is 1. The molecule has 0 saturated heterocycles. The molecule has 2 unspecified atom stereocenters. The van der Waals surface area contributed by atoms with Gasteiger partial charge in [-0.1, -0.05) is 6.07 Å². The number of hydrogen-bond donors (Lipinski definition) is 2. The number of para-hydroxylation sites is 1. The van der Waals surface area contributed by atoms with Gasteiger partial charge in [0.15, 0.2) is 11.6 Å². The summed E-state index contributed by atoms with van der Waals surface area (Å²) in [7, 11) is -1.23. The third kappa shape index (κ3) is 6.61. The van der Waals surface area contributed by atoms with Crippen molar-refractivity contribution in [2.24, 2.45) is 0 Å². The molecule has 0 radical (unpaired) electrons. The molecule has 0 amide bonds. The zero-order valence-corrected chi connectivity index (χ0v) is 24.5. The average Bonchev–Trinajstić information content (AvgIpc) is 3.35. The summed E-state index contributed by atoms with van der Waals surface area (Å²) in [6.45, 7) is 6.58. The number of aliphatic hydroxyl groups excluding tert-OH is 1. The molecule has 0 saturated carbocycles. The molecule has 3 heterocycles. The lowest BCUT2D eigenvalue weighted by atomic mass is 10.2. The van der Waals surface area contributed by atoms with E-state index in [-0.39, 0.29) is 18.4 Å². The Balaban J connectivity index is 1.83. The van der Waals surface area contributed by atoms with Crippen LogP contribution in [0.1, 0.15) is 36.9 Å². The van der Waals surface area contributed by atoms with Crippen molar-refractivity contribution in [1.82, 2.24) is 29.7 Å². The van der Waals surface area contributed by atoms with E-state index >= 15 is 0 Å². The fourth-order valence-electron chi connectivity index (χ4n) is 4.07. The quantitative estimate of drug-likeness (QED) is 0.252. The zero-order chi connectivity index (χ0) is 29.7. The summed E-state index contributed by atoms with van der Waals surface area (Å²) >= 11 is 0. The van der Waals surface area contributed by atoms with Crippen molar-refractivity contribution in [2.75, 3.05) is 25.5 Å². The summed E-state index contributed by atoms with van der Waals surface area (Å²) in [5.41, 5.74) is 2.65. The van der Waals surface area contributed by atoms with Gasteiger partial charge in [-0.05, 0) is 57.0 Å². The third-order valence-electron chi connectivity index (χ3n) is 6.14. The summed E-state index contributed by atoms with van der Waals surface area (Å²) in [6, 6.07) is 7.03. The molecule has 1 aromatic carbocycles. The predicted molar refractivity (Wildman–Crippen MR) is 152 cm³/mol. The van der Waals surface area contributed by atoms with E-state index in [4.69, 9.17) is 14.2 Å². The Morgan fingerprint density at radius 3 is 2.22 bits per heavy atom. The number of anilines is 1. The molecule has 3 aromatic heterocycles. The molecular formula is C27H33N7O6S. The molecule has 3 atom stereocenters. The average molecular weight is 584 g/mol. The third-order valence-corrected chi connectivity index (χ3v) is 7.84. The van der Waals surface area contributed by atoms with Crippen LogP contribution in [0.25, 0.3) is 17.1 Å². The van der Waals surface area contributed by atoms with Gasteiger partial charge in [-0.15, -0.1) is 10.2 Å². The number of aromatic nitrogens is 6. The number of hydrogen-bond acceptors (Lipinski definition) is 11. The Bertz CT molecular complexity index is 1570. The monoisotopic (exact) mass is 583 g/mol. The number of aryl methyl sites for hydroxylation is 2. The normalized spacial score (nSPS) is 13.8. The Labute approximate surface area is 238 Å². The largest absolute Gasteiger partial charge is 0.494 e. The lowest BCUT2D eigenvalue weighted by molar-refractivity contribution is -0.00765. The molecule has 14 heteroatoms. The molecule has 0 aliphatic rings. The van der Waals surface area contributed by atoms with Crippen molar-refractivity contribution >= 4 is 16.0 Å². The van der Waals surface area contributed by atoms with Crippen LogP contribution in [0.4, 0.5) is 5.95 Å². The Morgan fingerprint density at radius 2 is 1.63 bits per heavy atom. The first-order valence-electron chi connectivity index (χ1n) is 12.7. The predicted octanol–water partition coefficient (Wildman–Crippen LogP) is 3.02. The van der Waals surface area contributed by atoms with Gasteiger partial charge >= 0.3 is 0 Å². The molecule has 4 aromatic rings. The highest BCUT2D eigenvalue weighted by atomic mass is 32.2. The Morgan fingerprint density at radius 1 is 0.976 bits per heavy atom. The second kappa shape index (κ2) is 12.6. The first-order valence-corrected chi connectivity index (χ1v) is 14.3. The first kappa shape index (κ1) is 29.8. The number of benzene rings is 1. The lowest BCUT2D eigenvalue weighted by Crippen LogP contribution is -2.35. The van der Waals surface area contributed by atoms with Crippen molar-refractivity contribution in [1.29, 1.82) is 0 Å². The molecule has 0 aliphatic carbocycles. The van der Waals surface area contributed by atoms with Crippen molar-refractivity contribution in [2.45, 2.75) is 45.2 Å². The second-order valence-electron chi connectivity index (χ2n) is 9.52. The summed E-state index contributed by atoms with van der Waals surface area (Å²) in [5.74, 6) is 1.14. The minimum atomic E-state index is -4.22. The van der Waals surface area contributed by atoms with E-state index in [0.29, 0.717) is 28.6 Å². The summed E-state index contributed by atoms with van der Waals surface area (Å²) in [6.07, 6.45) is 4.50. The summed E-state index contributed by atoms with van der Waals surface area (Å²) in [4.78, 5) is 12.8. The van der Waals surface area contributed by atoms with Gasteiger partial charge in [-0.2, -0.15) is 0 Å². The van der Waals surface area contributed by atoms with Crippen molar-refractivity contribution in [3.05, 3.63) is 66.0 Å². The molecule has 4 rings (SSSR count). The van der Waals surface area contributed by atoms with Gasteiger partial charge < -0.3 is 19.3 Å². The van der Waals surface area contributed by atoms with Gasteiger partial charge in [-0.3, -0.25) is 14.3 Å². The Hall–Kier alpha value is -4.14. The highest BCUT2D eigenvalue weighted by Gasteiger charge is 2.36. The van der Waals surface area contributed by atoms with Crippen LogP contribution in [0.5, 0.6) is 11.5 Å². The molecule has 41 heavy (non-hydrogen) atoms. The standard InChI is InChI=1S/C27H33N7O6S/c1-16-10-20(14-28-11-16)26-31-32-27(34(26)23-21(38-5)8-7-9-22(23)39-6)33-41(36,37)19(4)24(40-15-18(3)35)25-29-12-17(2)13-30-25/h7-14,18-19,24,35H,15H2,1-6H3,(H,32,33)/t18-,19?,24?/m0/s1. The molecule has 2 N–H and O–H groups in total. The SMILES string of the molecule is COc1cccc(OC)c1-n1c(NS(=O)(=O)C(C)C(OC[C@H](C)O)c2ncc(C)cn2)nnc1-c1cncc(C)c1. The van der Waals surface area contributed by atoms with Crippen LogP contribution in [0, 0.1) is 13.8 Å². The van der Waals surface area contributed by atoms with Gasteiger partial charge in [0.1, 0.15) is 28.5 Å². The number of methoxy groups -OCH3 is 2. The van der Waals surface area contributed by atoms with Crippen LogP contribution in [-0.4, -0.2) is 75.4 Å². The van der Waals surface area contributed by atoms with Crippen LogP contribution < -0.4 is 14.2 Å². The van der Waals surface area contributed by atoms with E-state index < -0.39 is 27.5 Å². The molecule has 0 fully saturated rings. The number of ether oxygens (including phenoxy) is 3. The molecular weight excluding hydrogens is 550 g/mol. The van der Waals surface area contributed by atoms with Crippen molar-refractivity contribution in [3.63, 3.8) is 0 Å². The Kier molecular flexibility index (Phi) is 9.15. The highest BCUT2D eigenvalue weighted by molar-refractivity contribution is 7.93. The first-order chi connectivity index (χ1) is 19.6. The van der Waals surface area contributed by atoms with E-state index in [0.717, 1.165) is 11.1 Å². The number of pyridine rings is 1. The topological polar surface area (TPSA) is 163 Å². The maximum atomic E-state index is 13.9. The van der Waals surface area contributed by atoms with Crippen LogP contribution in [0.2, 0.25) is 0 Å². The summed E-state index contributed by atoms with van der Waals surface area (Å²) < 4.78 is 48.8. The molecule has 0 aliphatic heterocycles. The maximum absolute atomic E-state index is 13.9. The van der Waals surface area contributed by atoms with Crippen LogP contribution in [0.3, 0.4) is 0 Å². The second-order valence-corrected chi connectivity index (χ2v) is 11.6. The van der Waals surface area contributed by atoms with Crippen LogP contribution >= 0.6 is 0 Å². The fourth-order valence-corrected chi connectivity index (χ4v) is 5.17. The number of aliphatic hydroxyl groups is 1. The number of sulfonamides is 1. The minimum absolute atomic E-state index is 0.116. The van der Waals surface area contributed by atoms with Gasteiger partial charge in [-0.25, -0.2) is 18.4 Å². The maximum Gasteiger partial charge on any atom is 0.243 e. The van der Waals surface area contributed by atoms with Crippen LogP contribution in [0.15, 0.2) is 49.1 Å². The zero-order valence-electron chi connectivity index (χ0n) is 23.6. The smallest absolute Gasteiger partial charge is 0.243 e. The van der Waals surface area contributed by atoms with Gasteiger partial charge in [0.25, 0.3) is 0 Å². The molecule has 0 bridgehead atoms. The minimum Gasteiger partial charge on any atom is -0.494 e. The van der Waals surface area contributed by atoms with Gasteiger partial charge in [0.05, 0.1) is 26.9 Å². The van der Waals surface area contributed by atoms with E-state index in [1.165, 1.54) is 32.6 Å². The number of rotatable bonds is 12. The van der Waals surface area contributed by atoms with Gasteiger partial charge in [0.2, 0.25) is 16.0 Å². The highest BCUT2D eigenvalue weighted by Crippen LogP contribution is 2.38. The van der Waals surface area contributed by atoms with Crippen molar-refractivity contribution < 1.29 is 27.7 Å². The van der Waals surface area contributed by atoms with Gasteiger partial charge in [0, 0.05) is 30.4 Å². The molecule has 218 valence electrons.